The number of benzene rings is 3. The number of amides is 2. The maximum atomic E-state index is 12.3. The van der Waals surface area contributed by atoms with Gasteiger partial charge in [0.15, 0.2) is 5.13 Å². The molecule has 0 saturated carbocycles. The van der Waals surface area contributed by atoms with Gasteiger partial charge in [-0.2, -0.15) is 0 Å². The number of rotatable bonds is 7. The average Bonchev–Trinajstić information content (AvgIpc) is 3.27. The molecule has 0 radical (unpaired) electrons. The van der Waals surface area contributed by atoms with Gasteiger partial charge in [0, 0.05) is 32.1 Å². The Balaban J connectivity index is 1.27. The predicted octanol–water partition coefficient (Wildman–Crippen LogP) is 6.76. The molecule has 2 N–H and O–H groups in total. The van der Waals surface area contributed by atoms with E-state index in [-0.39, 0.29) is 17.6 Å². The smallest absolute Gasteiger partial charge is 0.255 e. The molecular weight excluding hydrogens is 474 g/mol. The van der Waals surface area contributed by atoms with Crippen molar-refractivity contribution in [2.24, 2.45) is 0 Å². The first-order valence-corrected chi connectivity index (χ1v) is 12.3. The minimum absolute atomic E-state index is 0.122. The Morgan fingerprint density at radius 1 is 1.00 bits per heavy atom. The van der Waals surface area contributed by atoms with Crippen LogP contribution in [0.3, 0.4) is 0 Å². The van der Waals surface area contributed by atoms with Crippen LogP contribution in [0.2, 0.25) is 5.02 Å². The third-order valence-corrected chi connectivity index (χ3v) is 6.67. The van der Waals surface area contributed by atoms with Gasteiger partial charge in [-0.3, -0.25) is 9.59 Å². The Labute approximate surface area is 205 Å². The fourth-order valence-corrected chi connectivity index (χ4v) is 4.58. The number of nitrogens with one attached hydrogen (secondary N) is 2. The molecule has 8 heteroatoms. The molecule has 166 valence electrons. The van der Waals surface area contributed by atoms with Crippen molar-refractivity contribution >= 4 is 57.3 Å². The number of hydrogen-bond acceptors (Lipinski definition) is 5. The van der Waals surface area contributed by atoms with Crippen molar-refractivity contribution in [3.05, 3.63) is 94.3 Å². The van der Waals surface area contributed by atoms with E-state index in [1.807, 2.05) is 48.7 Å². The molecular formula is C25H20ClN3O2S2. The van der Waals surface area contributed by atoms with Gasteiger partial charge in [0.2, 0.25) is 5.91 Å². The van der Waals surface area contributed by atoms with Gasteiger partial charge < -0.3 is 10.6 Å². The molecule has 1 heterocycles. The van der Waals surface area contributed by atoms with Crippen molar-refractivity contribution in [1.29, 1.82) is 0 Å². The van der Waals surface area contributed by atoms with E-state index in [9.17, 15) is 9.59 Å². The number of aromatic nitrogens is 1. The van der Waals surface area contributed by atoms with Gasteiger partial charge in [-0.05, 0) is 49.4 Å². The molecule has 0 spiro atoms. The molecule has 33 heavy (non-hydrogen) atoms. The summed E-state index contributed by atoms with van der Waals surface area (Å²) in [6, 6.07) is 22.2. The van der Waals surface area contributed by atoms with Crippen molar-refractivity contribution in [3.8, 4) is 11.3 Å². The molecule has 0 aliphatic carbocycles. The summed E-state index contributed by atoms with van der Waals surface area (Å²) in [4.78, 5) is 30.1. The largest absolute Gasteiger partial charge is 0.322 e. The van der Waals surface area contributed by atoms with Crippen LogP contribution in [-0.2, 0) is 4.79 Å². The molecule has 4 rings (SSSR count). The van der Waals surface area contributed by atoms with E-state index in [1.165, 1.54) is 28.7 Å². The first-order valence-electron chi connectivity index (χ1n) is 10.1. The summed E-state index contributed by atoms with van der Waals surface area (Å²) in [5.41, 5.74) is 4.22. The summed E-state index contributed by atoms with van der Waals surface area (Å²) in [5, 5.41) is 8.71. The molecule has 0 atom stereocenters. The van der Waals surface area contributed by atoms with E-state index in [4.69, 9.17) is 11.6 Å². The van der Waals surface area contributed by atoms with Crippen LogP contribution in [0.5, 0.6) is 0 Å². The summed E-state index contributed by atoms with van der Waals surface area (Å²) >= 11 is 8.76. The minimum atomic E-state index is -0.231. The summed E-state index contributed by atoms with van der Waals surface area (Å²) in [5.74, 6) is -0.0953. The summed E-state index contributed by atoms with van der Waals surface area (Å²) in [6.07, 6.45) is 0. The van der Waals surface area contributed by atoms with E-state index < -0.39 is 0 Å². The second kappa shape index (κ2) is 10.7. The number of thiazole rings is 1. The van der Waals surface area contributed by atoms with Crippen LogP contribution < -0.4 is 10.6 Å². The van der Waals surface area contributed by atoms with Crippen LogP contribution in [-0.4, -0.2) is 22.6 Å². The zero-order valence-electron chi connectivity index (χ0n) is 17.7. The number of carbonyl (C=O) groups excluding carboxylic acids is 2. The van der Waals surface area contributed by atoms with Crippen LogP contribution in [0.25, 0.3) is 11.3 Å². The molecule has 2 amide bonds. The Hall–Kier alpha value is -3.13. The maximum Gasteiger partial charge on any atom is 0.255 e. The van der Waals surface area contributed by atoms with E-state index in [0.29, 0.717) is 21.4 Å². The second-order valence-electron chi connectivity index (χ2n) is 7.23. The van der Waals surface area contributed by atoms with Crippen molar-refractivity contribution < 1.29 is 9.59 Å². The number of anilines is 2. The molecule has 0 aliphatic rings. The monoisotopic (exact) mass is 493 g/mol. The van der Waals surface area contributed by atoms with Crippen molar-refractivity contribution in [3.63, 3.8) is 0 Å². The topological polar surface area (TPSA) is 71.1 Å². The Morgan fingerprint density at radius 2 is 1.76 bits per heavy atom. The van der Waals surface area contributed by atoms with Gasteiger partial charge in [-0.1, -0.05) is 47.5 Å². The Bertz CT molecular complexity index is 1270. The number of halogens is 1. The second-order valence-corrected chi connectivity index (χ2v) is 9.57. The molecule has 3 aromatic carbocycles. The highest BCUT2D eigenvalue weighted by atomic mass is 35.5. The predicted molar refractivity (Wildman–Crippen MR) is 137 cm³/mol. The normalized spacial score (nSPS) is 10.6. The maximum absolute atomic E-state index is 12.3. The summed E-state index contributed by atoms with van der Waals surface area (Å²) in [6.45, 7) is 2.04. The van der Waals surface area contributed by atoms with E-state index in [1.54, 1.807) is 36.4 Å². The van der Waals surface area contributed by atoms with Gasteiger partial charge >= 0.3 is 0 Å². The number of aryl methyl sites for hydroxylation is 1. The molecule has 5 nitrogen and oxygen atoms in total. The van der Waals surface area contributed by atoms with Gasteiger partial charge in [0.25, 0.3) is 5.91 Å². The molecule has 0 unspecified atom stereocenters. The van der Waals surface area contributed by atoms with Gasteiger partial charge in [0.1, 0.15) is 0 Å². The fraction of sp³-hybridized carbons (Fsp3) is 0.0800. The highest BCUT2D eigenvalue weighted by molar-refractivity contribution is 8.00. The van der Waals surface area contributed by atoms with Crippen molar-refractivity contribution in [2.75, 3.05) is 16.4 Å². The van der Waals surface area contributed by atoms with Crippen LogP contribution in [0.15, 0.2) is 83.1 Å². The zero-order chi connectivity index (χ0) is 23.2. The quantitative estimate of drug-likeness (QED) is 0.279. The lowest BCUT2D eigenvalue weighted by atomic mass is 10.1. The Kier molecular flexibility index (Phi) is 7.44. The van der Waals surface area contributed by atoms with E-state index in [0.717, 1.165) is 16.2 Å². The standard InChI is InChI=1S/C25H20ClN3O2S2/c1-16-5-7-17(8-6-16)22-14-33-25(28-22)29-23(30)15-32-21-11-9-20(10-12-21)27-24(31)18-3-2-4-19(26)13-18/h2-14H,15H2,1H3,(H,27,31)(H,28,29,30). The van der Waals surface area contributed by atoms with Crippen LogP contribution >= 0.6 is 34.7 Å². The van der Waals surface area contributed by atoms with Gasteiger partial charge in [-0.25, -0.2) is 4.98 Å². The molecule has 0 saturated heterocycles. The van der Waals surface area contributed by atoms with E-state index >= 15 is 0 Å². The lowest BCUT2D eigenvalue weighted by Gasteiger charge is -2.07. The third kappa shape index (κ3) is 6.44. The van der Waals surface area contributed by atoms with Crippen LogP contribution in [0.1, 0.15) is 15.9 Å². The molecule has 4 aromatic rings. The van der Waals surface area contributed by atoms with E-state index in [2.05, 4.69) is 15.6 Å². The lowest BCUT2D eigenvalue weighted by Crippen LogP contribution is -2.13. The van der Waals surface area contributed by atoms with Gasteiger partial charge in [0.05, 0.1) is 11.4 Å². The molecule has 0 fully saturated rings. The highest BCUT2D eigenvalue weighted by Gasteiger charge is 2.10. The number of hydrogen-bond donors (Lipinski definition) is 2. The van der Waals surface area contributed by atoms with Crippen LogP contribution in [0.4, 0.5) is 10.8 Å². The number of thioether (sulfide) groups is 1. The highest BCUT2D eigenvalue weighted by Crippen LogP contribution is 2.26. The van der Waals surface area contributed by atoms with Crippen molar-refractivity contribution in [2.45, 2.75) is 11.8 Å². The number of carbonyl (C=O) groups is 2. The fourth-order valence-electron chi connectivity index (χ4n) is 2.96. The lowest BCUT2D eigenvalue weighted by molar-refractivity contribution is -0.113. The average molecular weight is 494 g/mol. The van der Waals surface area contributed by atoms with Crippen molar-refractivity contribution in [1.82, 2.24) is 4.98 Å². The SMILES string of the molecule is Cc1ccc(-c2csc(NC(=O)CSc3ccc(NC(=O)c4cccc(Cl)c4)cc3)n2)cc1. The Morgan fingerprint density at radius 3 is 2.48 bits per heavy atom. The zero-order valence-corrected chi connectivity index (χ0v) is 20.1. The molecule has 0 aliphatic heterocycles. The molecule has 0 bridgehead atoms. The van der Waals surface area contributed by atoms with Crippen LogP contribution in [0, 0.1) is 6.92 Å². The first-order chi connectivity index (χ1) is 16.0. The third-order valence-electron chi connectivity index (χ3n) is 4.67. The molecule has 1 aromatic heterocycles. The first kappa shape index (κ1) is 23.0. The summed E-state index contributed by atoms with van der Waals surface area (Å²) in [7, 11) is 0. The minimum Gasteiger partial charge on any atom is -0.322 e. The number of nitrogens with zero attached hydrogens (tertiary/aromatic N) is 1. The summed E-state index contributed by atoms with van der Waals surface area (Å²) < 4.78 is 0. The van der Waals surface area contributed by atoms with Gasteiger partial charge in [-0.15, -0.1) is 23.1 Å².